The Hall–Kier alpha value is -1.85. The van der Waals surface area contributed by atoms with E-state index in [1.165, 1.54) is 6.20 Å². The molecule has 1 saturated carbocycles. The van der Waals surface area contributed by atoms with Crippen LogP contribution in [-0.4, -0.2) is 46.0 Å². The Labute approximate surface area is 111 Å². The van der Waals surface area contributed by atoms with E-state index in [9.17, 15) is 9.59 Å². The second kappa shape index (κ2) is 5.03. The van der Waals surface area contributed by atoms with Crippen LogP contribution < -0.4 is 5.32 Å². The lowest BCUT2D eigenvalue weighted by atomic mass is 10.0. The van der Waals surface area contributed by atoms with Crippen LogP contribution in [0.3, 0.4) is 0 Å². The van der Waals surface area contributed by atoms with Crippen LogP contribution in [0.4, 0.5) is 0 Å². The number of likely N-dealkylation sites (tertiary alicyclic amines) is 1. The summed E-state index contributed by atoms with van der Waals surface area (Å²) >= 11 is 0. The van der Waals surface area contributed by atoms with Crippen LogP contribution in [0.5, 0.6) is 0 Å². The van der Waals surface area contributed by atoms with Crippen molar-refractivity contribution in [3.8, 4) is 0 Å². The lowest BCUT2D eigenvalue weighted by molar-refractivity contribution is -0.133. The van der Waals surface area contributed by atoms with Gasteiger partial charge in [-0.2, -0.15) is 5.10 Å². The predicted molar refractivity (Wildman–Crippen MR) is 68.4 cm³/mol. The average Bonchev–Trinajstić information content (AvgIpc) is 3.13. The van der Waals surface area contributed by atoms with E-state index in [4.69, 9.17) is 0 Å². The van der Waals surface area contributed by atoms with Crippen molar-refractivity contribution in [1.29, 1.82) is 0 Å². The number of piperidine rings is 1. The first-order chi connectivity index (χ1) is 9.24. The Bertz CT molecular complexity index is 459. The molecule has 0 bridgehead atoms. The Morgan fingerprint density at radius 3 is 2.58 bits per heavy atom. The quantitative estimate of drug-likeness (QED) is 0.834. The molecule has 2 aliphatic rings. The lowest BCUT2D eigenvalue weighted by Crippen LogP contribution is -2.46. The summed E-state index contributed by atoms with van der Waals surface area (Å²) in [5.74, 6) is 0.498. The molecule has 1 saturated heterocycles. The van der Waals surface area contributed by atoms with Gasteiger partial charge >= 0.3 is 0 Å². The van der Waals surface area contributed by atoms with Crippen LogP contribution in [0.15, 0.2) is 12.4 Å². The lowest BCUT2D eigenvalue weighted by Gasteiger charge is -2.32. The average molecular weight is 262 g/mol. The van der Waals surface area contributed by atoms with E-state index < -0.39 is 0 Å². The van der Waals surface area contributed by atoms with Crippen molar-refractivity contribution in [3.63, 3.8) is 0 Å². The van der Waals surface area contributed by atoms with Crippen molar-refractivity contribution < 1.29 is 9.59 Å². The zero-order chi connectivity index (χ0) is 13.2. The number of amides is 2. The fourth-order valence-electron chi connectivity index (χ4n) is 2.48. The Kier molecular flexibility index (Phi) is 3.23. The normalized spacial score (nSPS) is 20.3. The predicted octanol–water partition coefficient (Wildman–Crippen LogP) is 0.540. The molecular formula is C13H18N4O2. The van der Waals surface area contributed by atoms with Gasteiger partial charge < -0.3 is 10.2 Å². The maximum Gasteiger partial charge on any atom is 0.254 e. The molecule has 19 heavy (non-hydrogen) atoms. The number of carbonyl (C=O) groups excluding carboxylic acids is 2. The number of hydrogen-bond acceptors (Lipinski definition) is 3. The van der Waals surface area contributed by atoms with Gasteiger partial charge in [-0.15, -0.1) is 0 Å². The molecule has 1 aromatic heterocycles. The zero-order valence-electron chi connectivity index (χ0n) is 10.8. The van der Waals surface area contributed by atoms with Gasteiger partial charge in [0.2, 0.25) is 5.91 Å². The van der Waals surface area contributed by atoms with Gasteiger partial charge in [-0.3, -0.25) is 14.7 Å². The molecule has 0 atom stereocenters. The summed E-state index contributed by atoms with van der Waals surface area (Å²) in [6, 6.07) is 0.158. The molecule has 2 heterocycles. The fourth-order valence-corrected chi connectivity index (χ4v) is 2.48. The highest BCUT2D eigenvalue weighted by Crippen LogP contribution is 2.31. The molecule has 6 nitrogen and oxygen atoms in total. The van der Waals surface area contributed by atoms with Gasteiger partial charge in [0.1, 0.15) is 0 Å². The van der Waals surface area contributed by atoms with Crippen LogP contribution in [0, 0.1) is 5.92 Å². The highest BCUT2D eigenvalue weighted by molar-refractivity contribution is 5.93. The molecule has 2 amide bonds. The zero-order valence-corrected chi connectivity index (χ0v) is 10.8. The maximum absolute atomic E-state index is 11.9. The molecule has 102 valence electrons. The first kappa shape index (κ1) is 12.2. The molecule has 2 N–H and O–H groups in total. The van der Waals surface area contributed by atoms with Gasteiger partial charge in [-0.1, -0.05) is 0 Å². The number of hydrogen-bond donors (Lipinski definition) is 2. The second-order valence-corrected chi connectivity index (χ2v) is 5.33. The SMILES string of the molecule is O=C(NC1CCN(C(=O)C2CC2)CC1)c1cn[nH]c1. The molecule has 0 unspecified atom stereocenters. The summed E-state index contributed by atoms with van der Waals surface area (Å²) in [7, 11) is 0. The third-order valence-electron chi connectivity index (χ3n) is 3.83. The van der Waals surface area contributed by atoms with Crippen molar-refractivity contribution in [2.45, 2.75) is 31.7 Å². The van der Waals surface area contributed by atoms with Crippen molar-refractivity contribution >= 4 is 11.8 Å². The van der Waals surface area contributed by atoms with Crippen LogP contribution in [0.2, 0.25) is 0 Å². The summed E-state index contributed by atoms with van der Waals surface area (Å²) in [6.07, 6.45) is 6.87. The Morgan fingerprint density at radius 2 is 2.00 bits per heavy atom. The second-order valence-electron chi connectivity index (χ2n) is 5.33. The molecule has 1 aliphatic heterocycles. The van der Waals surface area contributed by atoms with E-state index in [2.05, 4.69) is 15.5 Å². The summed E-state index contributed by atoms with van der Waals surface area (Å²) < 4.78 is 0. The summed E-state index contributed by atoms with van der Waals surface area (Å²) in [4.78, 5) is 25.7. The molecule has 0 spiro atoms. The number of nitrogens with zero attached hydrogens (tertiary/aromatic N) is 2. The van der Waals surface area contributed by atoms with E-state index in [0.29, 0.717) is 11.5 Å². The number of H-pyrrole nitrogens is 1. The van der Waals surface area contributed by atoms with Gasteiger partial charge in [0, 0.05) is 31.2 Å². The van der Waals surface area contributed by atoms with Crippen LogP contribution >= 0.6 is 0 Å². The Morgan fingerprint density at radius 1 is 1.26 bits per heavy atom. The summed E-state index contributed by atoms with van der Waals surface area (Å²) in [5.41, 5.74) is 0.552. The molecule has 0 radical (unpaired) electrons. The standard InChI is InChI=1S/C13H18N4O2/c18-12(10-7-14-15-8-10)16-11-3-5-17(6-4-11)13(19)9-1-2-9/h7-9,11H,1-6H2,(H,14,15)(H,16,18). The van der Waals surface area contributed by atoms with Gasteiger partial charge in [0.05, 0.1) is 11.8 Å². The smallest absolute Gasteiger partial charge is 0.254 e. The number of nitrogens with one attached hydrogen (secondary N) is 2. The first-order valence-electron chi connectivity index (χ1n) is 6.82. The molecule has 2 fully saturated rings. The van der Waals surface area contributed by atoms with Crippen LogP contribution in [0.25, 0.3) is 0 Å². The molecule has 1 aliphatic carbocycles. The molecule has 1 aromatic rings. The van der Waals surface area contributed by atoms with Crippen molar-refractivity contribution in [2.24, 2.45) is 5.92 Å². The molecule has 6 heteroatoms. The molecule has 3 rings (SSSR count). The minimum absolute atomic E-state index is 0.0966. The van der Waals surface area contributed by atoms with E-state index in [-0.39, 0.29) is 17.9 Å². The largest absolute Gasteiger partial charge is 0.349 e. The minimum Gasteiger partial charge on any atom is -0.349 e. The molecular weight excluding hydrogens is 244 g/mol. The number of aromatic nitrogens is 2. The highest BCUT2D eigenvalue weighted by Gasteiger charge is 2.35. The fraction of sp³-hybridized carbons (Fsp3) is 0.615. The first-order valence-corrected chi connectivity index (χ1v) is 6.82. The minimum atomic E-state index is -0.0966. The number of aromatic amines is 1. The van der Waals surface area contributed by atoms with Gasteiger partial charge in [-0.25, -0.2) is 0 Å². The van der Waals surface area contributed by atoms with Gasteiger partial charge in [-0.05, 0) is 25.7 Å². The van der Waals surface area contributed by atoms with E-state index >= 15 is 0 Å². The summed E-state index contributed by atoms with van der Waals surface area (Å²) in [6.45, 7) is 1.51. The Balaban J connectivity index is 1.47. The van der Waals surface area contributed by atoms with E-state index in [1.807, 2.05) is 4.90 Å². The third-order valence-corrected chi connectivity index (χ3v) is 3.83. The van der Waals surface area contributed by atoms with Crippen LogP contribution in [0.1, 0.15) is 36.0 Å². The van der Waals surface area contributed by atoms with E-state index in [0.717, 1.165) is 38.8 Å². The maximum atomic E-state index is 11.9. The number of carbonyl (C=O) groups is 2. The van der Waals surface area contributed by atoms with Gasteiger partial charge in [0.15, 0.2) is 0 Å². The topological polar surface area (TPSA) is 78.1 Å². The number of rotatable bonds is 3. The monoisotopic (exact) mass is 262 g/mol. The van der Waals surface area contributed by atoms with Gasteiger partial charge in [0.25, 0.3) is 5.91 Å². The highest BCUT2D eigenvalue weighted by atomic mass is 16.2. The van der Waals surface area contributed by atoms with Crippen LogP contribution in [-0.2, 0) is 4.79 Å². The van der Waals surface area contributed by atoms with Crippen molar-refractivity contribution in [3.05, 3.63) is 18.0 Å². The summed E-state index contributed by atoms with van der Waals surface area (Å²) in [5, 5.41) is 9.37. The van der Waals surface area contributed by atoms with E-state index in [1.54, 1.807) is 6.20 Å². The third kappa shape index (κ3) is 2.77. The molecule has 0 aromatic carbocycles. The van der Waals surface area contributed by atoms with Crippen molar-refractivity contribution in [1.82, 2.24) is 20.4 Å². The van der Waals surface area contributed by atoms with Crippen molar-refractivity contribution in [2.75, 3.05) is 13.1 Å².